The first kappa shape index (κ1) is 37.3. The summed E-state index contributed by atoms with van der Waals surface area (Å²) in [6.45, 7) is 9.63. The number of tetrazole rings is 1. The molecular weight excluding hydrogens is 674 g/mol. The average Bonchev–Trinajstić information content (AvgIpc) is 3.69. The van der Waals surface area contributed by atoms with Gasteiger partial charge in [-0.1, -0.05) is 24.3 Å². The highest BCUT2D eigenvalue weighted by atomic mass is 16.6. The number of carbonyl (C=O) groups excluding carboxylic acids is 3. The van der Waals surface area contributed by atoms with Crippen molar-refractivity contribution in [2.45, 2.75) is 64.5 Å². The molecule has 4 N–H and O–H groups in total. The van der Waals surface area contributed by atoms with Gasteiger partial charge in [0.25, 0.3) is 0 Å². The number of hydrogen-bond donors (Lipinski definition) is 3. The Balaban J connectivity index is 1.20. The molecule has 0 spiro atoms. The molecule has 4 aromatic rings. The van der Waals surface area contributed by atoms with E-state index >= 15 is 0 Å². The fourth-order valence-corrected chi connectivity index (χ4v) is 6.93. The molecule has 3 heterocycles. The Bertz CT molecular complexity index is 1830. The maximum absolute atomic E-state index is 14.5. The van der Waals surface area contributed by atoms with Crippen LogP contribution in [-0.4, -0.2) is 105 Å². The molecule has 1 saturated heterocycles. The number of hydrogen-bond acceptors (Lipinski definition) is 11. The van der Waals surface area contributed by atoms with Crippen molar-refractivity contribution in [3.8, 4) is 22.5 Å². The van der Waals surface area contributed by atoms with E-state index in [1.165, 1.54) is 0 Å². The Kier molecular flexibility index (Phi) is 11.6. The third-order valence-electron chi connectivity index (χ3n) is 9.89. The maximum Gasteiger partial charge on any atom is 0.407 e. The molecule has 2 aromatic heterocycles. The van der Waals surface area contributed by atoms with Gasteiger partial charge in [0.05, 0.1) is 0 Å². The van der Waals surface area contributed by atoms with Crippen molar-refractivity contribution >= 4 is 29.5 Å². The van der Waals surface area contributed by atoms with Crippen molar-refractivity contribution in [2.75, 3.05) is 49.6 Å². The second-order valence-electron chi connectivity index (χ2n) is 15.0. The lowest BCUT2D eigenvalue weighted by atomic mass is 9.81. The molecule has 280 valence electrons. The zero-order chi connectivity index (χ0) is 37.5. The summed E-state index contributed by atoms with van der Waals surface area (Å²) >= 11 is 0. The normalized spacial score (nSPS) is 18.6. The number of ether oxygens (including phenoxy) is 1. The number of rotatable bonds is 11. The Morgan fingerprint density at radius 1 is 0.962 bits per heavy atom. The monoisotopic (exact) mass is 723 g/mol. The minimum Gasteiger partial charge on any atom is -0.444 e. The number of primary amides is 1. The number of piperazine rings is 1. The molecule has 15 nitrogen and oxygen atoms in total. The summed E-state index contributed by atoms with van der Waals surface area (Å²) in [6.07, 6.45) is 6.13. The van der Waals surface area contributed by atoms with Gasteiger partial charge >= 0.3 is 6.09 Å². The number of aromatic nitrogens is 6. The van der Waals surface area contributed by atoms with Gasteiger partial charge in [0.15, 0.2) is 5.82 Å². The van der Waals surface area contributed by atoms with Crippen LogP contribution in [0.1, 0.15) is 52.0 Å². The third-order valence-corrected chi connectivity index (χ3v) is 9.89. The second-order valence-corrected chi connectivity index (χ2v) is 15.0. The second kappa shape index (κ2) is 16.5. The molecule has 1 aliphatic carbocycles. The molecular formula is C38H49N11O4. The van der Waals surface area contributed by atoms with Crippen molar-refractivity contribution in [2.24, 2.45) is 17.6 Å². The van der Waals surface area contributed by atoms with E-state index in [9.17, 15) is 14.4 Å². The number of nitrogens with zero attached hydrogens (tertiary/aromatic N) is 8. The number of benzene rings is 2. The van der Waals surface area contributed by atoms with Gasteiger partial charge in [-0.15, -0.1) is 5.10 Å². The van der Waals surface area contributed by atoms with Gasteiger partial charge in [0.1, 0.15) is 11.6 Å². The molecule has 0 unspecified atom stereocenters. The molecule has 6 rings (SSSR count). The maximum atomic E-state index is 14.5. The number of alkyl carbamates (subject to hydrolysis) is 1. The van der Waals surface area contributed by atoms with Crippen LogP contribution >= 0.6 is 0 Å². The van der Waals surface area contributed by atoms with Crippen LogP contribution in [0.5, 0.6) is 0 Å². The number of carbonyl (C=O) groups is 3. The van der Waals surface area contributed by atoms with E-state index in [2.05, 4.69) is 52.8 Å². The molecule has 0 bridgehead atoms. The number of amides is 3. The fraction of sp³-hybridized carbons (Fsp3) is 0.474. The van der Waals surface area contributed by atoms with Gasteiger partial charge < -0.3 is 25.6 Å². The van der Waals surface area contributed by atoms with Gasteiger partial charge in [-0.05, 0) is 105 Å². The van der Waals surface area contributed by atoms with Gasteiger partial charge in [0, 0.05) is 74.3 Å². The number of H-pyrrole nitrogens is 1. The first-order valence-corrected chi connectivity index (χ1v) is 18.2. The molecule has 2 fully saturated rings. The minimum atomic E-state index is -0.960. The molecule has 2 aromatic carbocycles. The Morgan fingerprint density at radius 3 is 2.28 bits per heavy atom. The average molecular weight is 724 g/mol. The van der Waals surface area contributed by atoms with E-state index in [1.807, 2.05) is 69.6 Å². The first-order valence-electron chi connectivity index (χ1n) is 18.2. The summed E-state index contributed by atoms with van der Waals surface area (Å²) in [5.74, 6) is 0.309. The molecule has 1 aliphatic heterocycles. The predicted molar refractivity (Wildman–Crippen MR) is 201 cm³/mol. The van der Waals surface area contributed by atoms with Crippen LogP contribution in [-0.2, 0) is 20.7 Å². The first-order chi connectivity index (χ1) is 25.4. The van der Waals surface area contributed by atoms with Crippen LogP contribution in [0.4, 0.5) is 16.4 Å². The van der Waals surface area contributed by atoms with E-state index in [0.717, 1.165) is 61.3 Å². The lowest BCUT2D eigenvalue weighted by Gasteiger charge is -2.36. The molecule has 3 amide bonds. The highest BCUT2D eigenvalue weighted by molar-refractivity contribution is 6.01. The highest BCUT2D eigenvalue weighted by Gasteiger charge is 2.36. The smallest absolute Gasteiger partial charge is 0.407 e. The quantitative estimate of drug-likeness (QED) is 0.204. The van der Waals surface area contributed by atoms with Crippen molar-refractivity contribution in [1.82, 2.24) is 40.8 Å². The van der Waals surface area contributed by atoms with Crippen molar-refractivity contribution in [3.63, 3.8) is 0 Å². The summed E-state index contributed by atoms with van der Waals surface area (Å²) in [7, 11) is 2.11. The van der Waals surface area contributed by atoms with Crippen LogP contribution in [0.25, 0.3) is 22.5 Å². The Morgan fingerprint density at radius 2 is 1.66 bits per heavy atom. The number of nitrogens with one attached hydrogen (secondary N) is 2. The number of likely N-dealkylation sites (N-methyl/N-ethyl adjacent to an activating group) is 1. The predicted octanol–water partition coefficient (Wildman–Crippen LogP) is 3.84. The third kappa shape index (κ3) is 9.71. The van der Waals surface area contributed by atoms with Crippen LogP contribution in [0.15, 0.2) is 60.9 Å². The number of nitrogens with two attached hydrogens (primary N) is 1. The van der Waals surface area contributed by atoms with Crippen LogP contribution in [0.3, 0.4) is 0 Å². The van der Waals surface area contributed by atoms with E-state index in [1.54, 1.807) is 17.0 Å². The molecule has 1 saturated carbocycles. The van der Waals surface area contributed by atoms with Gasteiger partial charge in [-0.25, -0.2) is 19.9 Å². The zero-order valence-electron chi connectivity index (χ0n) is 30.9. The van der Waals surface area contributed by atoms with Crippen molar-refractivity contribution in [3.05, 3.63) is 66.5 Å². The summed E-state index contributed by atoms with van der Waals surface area (Å²) in [4.78, 5) is 55.4. The minimum absolute atomic E-state index is 0.162. The van der Waals surface area contributed by atoms with Crippen LogP contribution < -0.4 is 20.9 Å². The zero-order valence-corrected chi connectivity index (χ0v) is 30.9. The summed E-state index contributed by atoms with van der Waals surface area (Å²) < 4.78 is 5.38. The van der Waals surface area contributed by atoms with Crippen molar-refractivity contribution < 1.29 is 19.1 Å². The molecule has 15 heteroatoms. The van der Waals surface area contributed by atoms with Crippen molar-refractivity contribution in [1.29, 1.82) is 0 Å². The lowest BCUT2D eigenvalue weighted by Crippen LogP contribution is -2.52. The topological polar surface area (TPSA) is 188 Å². The summed E-state index contributed by atoms with van der Waals surface area (Å²) in [6, 6.07) is 14.1. The highest BCUT2D eigenvalue weighted by Crippen LogP contribution is 2.33. The molecule has 1 atom stereocenters. The summed E-state index contributed by atoms with van der Waals surface area (Å²) in [5, 5.41) is 16.9. The lowest BCUT2D eigenvalue weighted by molar-refractivity contribution is -0.127. The van der Waals surface area contributed by atoms with Gasteiger partial charge in [-0.2, -0.15) is 0 Å². The molecule has 53 heavy (non-hydrogen) atoms. The number of anilines is 2. The van der Waals surface area contributed by atoms with E-state index in [-0.39, 0.29) is 24.2 Å². The Labute approximate surface area is 309 Å². The van der Waals surface area contributed by atoms with E-state index in [4.69, 9.17) is 10.5 Å². The Hall–Kier alpha value is -5.44. The van der Waals surface area contributed by atoms with Gasteiger partial charge in [-0.3, -0.25) is 14.5 Å². The standard InChI is InChI=1S/C38H49N11O4/c1-38(2,3)53-37(52)42-22-25-8-10-28(11-9-25)35(51)49(31-14-12-27(13-15-31)34-43-45-46-44-34)32(33(39)50)21-26-6-5-7-29(20-26)30-23-40-36(41-24-30)48-18-16-47(4)17-19-48/h5-7,12-15,20,23-25,28,32H,8-11,16-19,21-22H2,1-4H3,(H2,39,50)(H,42,52)(H,43,44,45,46)/t25-,28-,32-/m0/s1. The SMILES string of the molecule is CN1CCN(c2ncc(-c3cccc(C[C@@H](C(N)=O)N(c4ccc(-c5nnn[nH]5)cc4)C(=O)[C@H]4CC[C@H](CNC(=O)OC(C)(C)C)CC4)c3)cn2)CC1. The molecule has 0 radical (unpaired) electrons. The fourth-order valence-electron chi connectivity index (χ4n) is 6.93. The van der Waals surface area contributed by atoms with Crippen LogP contribution in [0.2, 0.25) is 0 Å². The molecule has 2 aliphatic rings. The van der Waals surface area contributed by atoms with E-state index < -0.39 is 23.6 Å². The van der Waals surface area contributed by atoms with Gasteiger partial charge in [0.2, 0.25) is 17.8 Å². The number of aromatic amines is 1. The van der Waals surface area contributed by atoms with E-state index in [0.29, 0.717) is 36.8 Å². The largest absolute Gasteiger partial charge is 0.444 e. The van der Waals surface area contributed by atoms with Crippen LogP contribution in [0, 0.1) is 11.8 Å². The summed E-state index contributed by atoms with van der Waals surface area (Å²) in [5.41, 5.74) is 9.42.